The summed E-state index contributed by atoms with van der Waals surface area (Å²) in [5.74, 6) is -0.346. The topological polar surface area (TPSA) is 97.9 Å². The van der Waals surface area contributed by atoms with Crippen molar-refractivity contribution in [1.29, 1.82) is 0 Å². The van der Waals surface area contributed by atoms with E-state index in [1.54, 1.807) is 6.33 Å². The number of carbonyl (C=O) groups excluding carboxylic acids is 1. The molecule has 24 heavy (non-hydrogen) atoms. The van der Waals surface area contributed by atoms with Crippen LogP contribution in [0, 0.1) is 13.8 Å². The van der Waals surface area contributed by atoms with Gasteiger partial charge in [0.25, 0.3) is 5.91 Å². The number of hydrogen-bond acceptors (Lipinski definition) is 5. The maximum absolute atomic E-state index is 12.1. The second-order valence-corrected chi connectivity index (χ2v) is 5.38. The first-order valence-corrected chi connectivity index (χ1v) is 7.52. The lowest BCUT2D eigenvalue weighted by Crippen LogP contribution is -2.12. The van der Waals surface area contributed by atoms with Crippen molar-refractivity contribution in [1.82, 2.24) is 24.5 Å². The monoisotopic (exact) mass is 326 g/mol. The first kappa shape index (κ1) is 15.9. The second kappa shape index (κ2) is 6.63. The highest BCUT2D eigenvalue weighted by Gasteiger charge is 2.11. The van der Waals surface area contributed by atoms with Gasteiger partial charge in [-0.2, -0.15) is 0 Å². The molecule has 2 heterocycles. The molecule has 0 radical (unpaired) electrons. The van der Waals surface area contributed by atoms with Crippen molar-refractivity contribution in [3.8, 4) is 5.69 Å². The number of hydrogen-bond donors (Lipinski definition) is 2. The molecule has 1 amide bonds. The van der Waals surface area contributed by atoms with E-state index in [-0.39, 0.29) is 18.2 Å². The second-order valence-electron chi connectivity index (χ2n) is 5.38. The number of aliphatic hydroxyl groups is 1. The molecule has 8 heteroatoms. The molecule has 0 saturated carbocycles. The molecule has 0 aliphatic carbocycles. The Morgan fingerprint density at radius 3 is 2.62 bits per heavy atom. The summed E-state index contributed by atoms with van der Waals surface area (Å²) >= 11 is 0. The van der Waals surface area contributed by atoms with E-state index in [0.717, 1.165) is 17.1 Å². The van der Waals surface area contributed by atoms with Crippen LogP contribution < -0.4 is 5.32 Å². The van der Waals surface area contributed by atoms with Crippen molar-refractivity contribution in [3.05, 3.63) is 53.9 Å². The van der Waals surface area contributed by atoms with Crippen LogP contribution in [0.1, 0.15) is 21.9 Å². The van der Waals surface area contributed by atoms with Crippen LogP contribution in [0.3, 0.4) is 0 Å². The van der Waals surface area contributed by atoms with E-state index in [4.69, 9.17) is 5.11 Å². The van der Waals surface area contributed by atoms with Gasteiger partial charge in [-0.25, -0.2) is 9.67 Å². The zero-order valence-corrected chi connectivity index (χ0v) is 13.5. The minimum absolute atomic E-state index is 0.0565. The van der Waals surface area contributed by atoms with Gasteiger partial charge in [-0.15, -0.1) is 5.10 Å². The Kier molecular flexibility index (Phi) is 4.39. The molecule has 8 nitrogen and oxygen atoms in total. The van der Waals surface area contributed by atoms with Gasteiger partial charge in [-0.1, -0.05) is 5.21 Å². The van der Waals surface area contributed by atoms with E-state index in [1.165, 1.54) is 10.9 Å². The third kappa shape index (κ3) is 3.18. The van der Waals surface area contributed by atoms with Crippen molar-refractivity contribution >= 4 is 11.6 Å². The van der Waals surface area contributed by atoms with Gasteiger partial charge >= 0.3 is 0 Å². The molecule has 0 bridgehead atoms. The molecule has 124 valence electrons. The Labute approximate surface area is 138 Å². The standard InChI is InChI=1S/C16H18N6O2/c1-11-12(2)22(10-17-11)14-5-3-13(4-6-14)18-16(24)15-9-21(7-8-23)20-19-15/h3-6,9-10,23H,7-8H2,1-2H3,(H,18,24). The number of carbonyl (C=O) groups is 1. The number of imidazole rings is 1. The van der Waals surface area contributed by atoms with Crippen molar-refractivity contribution in [3.63, 3.8) is 0 Å². The first-order valence-electron chi connectivity index (χ1n) is 7.52. The quantitative estimate of drug-likeness (QED) is 0.737. The summed E-state index contributed by atoms with van der Waals surface area (Å²) in [7, 11) is 0. The Hall–Kier alpha value is -3.00. The van der Waals surface area contributed by atoms with Gasteiger partial charge in [0.05, 0.1) is 31.4 Å². The molecule has 0 spiro atoms. The molecule has 3 aromatic rings. The largest absolute Gasteiger partial charge is 0.394 e. The Bertz CT molecular complexity index is 850. The van der Waals surface area contributed by atoms with Crippen molar-refractivity contribution < 1.29 is 9.90 Å². The average molecular weight is 326 g/mol. The average Bonchev–Trinajstić information content (AvgIpc) is 3.17. The lowest BCUT2D eigenvalue weighted by Gasteiger charge is -2.07. The number of nitrogens with zero attached hydrogens (tertiary/aromatic N) is 5. The molecule has 0 aliphatic heterocycles. The first-order chi connectivity index (χ1) is 11.6. The van der Waals surface area contributed by atoms with Crippen molar-refractivity contribution in [2.75, 3.05) is 11.9 Å². The number of aryl methyl sites for hydroxylation is 1. The third-order valence-electron chi connectivity index (χ3n) is 3.76. The summed E-state index contributed by atoms with van der Waals surface area (Å²) in [6.07, 6.45) is 3.27. The van der Waals surface area contributed by atoms with Crippen LogP contribution in [0.4, 0.5) is 5.69 Å². The molecular formula is C16H18N6O2. The Balaban J connectivity index is 1.71. The van der Waals surface area contributed by atoms with Gasteiger partial charge < -0.3 is 15.0 Å². The smallest absolute Gasteiger partial charge is 0.277 e. The Morgan fingerprint density at radius 1 is 1.25 bits per heavy atom. The molecular weight excluding hydrogens is 308 g/mol. The fourth-order valence-electron chi connectivity index (χ4n) is 2.27. The van der Waals surface area contributed by atoms with Crippen LogP contribution in [0.2, 0.25) is 0 Å². The number of benzene rings is 1. The number of aliphatic hydroxyl groups excluding tert-OH is 1. The Morgan fingerprint density at radius 2 is 2.00 bits per heavy atom. The highest BCUT2D eigenvalue weighted by atomic mass is 16.3. The van der Waals surface area contributed by atoms with Crippen LogP contribution in [0.5, 0.6) is 0 Å². The van der Waals surface area contributed by atoms with Crippen LogP contribution in [-0.2, 0) is 6.54 Å². The summed E-state index contributed by atoms with van der Waals surface area (Å²) in [5, 5.41) is 19.2. The molecule has 0 saturated heterocycles. The van der Waals surface area contributed by atoms with E-state index in [0.29, 0.717) is 12.2 Å². The van der Waals surface area contributed by atoms with Crippen LogP contribution >= 0.6 is 0 Å². The van der Waals surface area contributed by atoms with E-state index >= 15 is 0 Å². The maximum atomic E-state index is 12.1. The lowest BCUT2D eigenvalue weighted by atomic mass is 10.2. The van der Waals surface area contributed by atoms with Gasteiger partial charge in [0.2, 0.25) is 0 Å². The van der Waals surface area contributed by atoms with Gasteiger partial charge in [-0.05, 0) is 38.1 Å². The van der Waals surface area contributed by atoms with Crippen LogP contribution in [0.25, 0.3) is 5.69 Å². The molecule has 2 aromatic heterocycles. The van der Waals surface area contributed by atoms with Crippen molar-refractivity contribution in [2.45, 2.75) is 20.4 Å². The summed E-state index contributed by atoms with van der Waals surface area (Å²) < 4.78 is 3.41. The molecule has 1 aromatic carbocycles. The highest BCUT2D eigenvalue weighted by Crippen LogP contribution is 2.17. The maximum Gasteiger partial charge on any atom is 0.277 e. The molecule has 3 rings (SSSR count). The van der Waals surface area contributed by atoms with E-state index in [1.807, 2.05) is 42.7 Å². The molecule has 0 unspecified atom stereocenters. The lowest BCUT2D eigenvalue weighted by molar-refractivity contribution is 0.102. The van der Waals surface area contributed by atoms with E-state index in [2.05, 4.69) is 20.6 Å². The van der Waals surface area contributed by atoms with E-state index < -0.39 is 0 Å². The zero-order valence-electron chi connectivity index (χ0n) is 13.5. The normalized spacial score (nSPS) is 10.8. The summed E-state index contributed by atoms with van der Waals surface area (Å²) in [6.45, 7) is 4.22. The molecule has 0 aliphatic rings. The number of rotatable bonds is 5. The molecule has 0 atom stereocenters. The number of amides is 1. The predicted molar refractivity (Wildman–Crippen MR) is 88.1 cm³/mol. The van der Waals surface area contributed by atoms with Gasteiger partial charge in [0, 0.05) is 17.1 Å². The van der Waals surface area contributed by atoms with Gasteiger partial charge in [-0.3, -0.25) is 4.79 Å². The van der Waals surface area contributed by atoms with Crippen LogP contribution in [-0.4, -0.2) is 42.2 Å². The third-order valence-corrected chi connectivity index (χ3v) is 3.76. The number of aromatic nitrogens is 5. The molecule has 0 fully saturated rings. The summed E-state index contributed by atoms with van der Waals surface area (Å²) in [4.78, 5) is 16.4. The predicted octanol–water partition coefficient (Wildman–Crippen LogP) is 1.33. The van der Waals surface area contributed by atoms with Crippen LogP contribution in [0.15, 0.2) is 36.8 Å². The fourth-order valence-corrected chi connectivity index (χ4v) is 2.27. The summed E-state index contributed by atoms with van der Waals surface area (Å²) in [5.41, 5.74) is 3.90. The number of nitrogens with one attached hydrogen (secondary N) is 1. The fraction of sp³-hybridized carbons (Fsp3) is 0.250. The van der Waals surface area contributed by atoms with E-state index in [9.17, 15) is 4.79 Å². The SMILES string of the molecule is Cc1ncn(-c2ccc(NC(=O)c3cn(CCO)nn3)cc2)c1C. The van der Waals surface area contributed by atoms with Gasteiger partial charge in [0.1, 0.15) is 0 Å². The number of anilines is 1. The van der Waals surface area contributed by atoms with Crippen molar-refractivity contribution in [2.24, 2.45) is 0 Å². The molecule has 2 N–H and O–H groups in total. The minimum atomic E-state index is -0.346. The van der Waals surface area contributed by atoms with Gasteiger partial charge in [0.15, 0.2) is 5.69 Å². The zero-order chi connectivity index (χ0) is 17.1. The minimum Gasteiger partial charge on any atom is -0.394 e. The highest BCUT2D eigenvalue weighted by molar-refractivity contribution is 6.02. The summed E-state index contributed by atoms with van der Waals surface area (Å²) in [6, 6.07) is 7.46.